The van der Waals surface area contributed by atoms with E-state index in [9.17, 15) is 0 Å². The van der Waals surface area contributed by atoms with Gasteiger partial charge in [-0.1, -0.05) is 13.3 Å². The first-order chi connectivity index (χ1) is 5.91. The molecule has 0 amide bonds. The lowest BCUT2D eigenvalue weighted by Crippen LogP contribution is -1.75. The lowest BCUT2D eigenvalue weighted by molar-refractivity contribution is 0.275. The van der Waals surface area contributed by atoms with Crippen LogP contribution in [0.2, 0.25) is 0 Å². The maximum absolute atomic E-state index is 8.88. The Balaban J connectivity index is 0. The second-order valence-corrected chi connectivity index (χ2v) is 3.23. The van der Waals surface area contributed by atoms with Crippen molar-refractivity contribution in [1.29, 1.82) is 0 Å². The SMILES string of the molecule is C1CO1.CCCCO.O=P(O)(O)O. The van der Waals surface area contributed by atoms with Crippen molar-refractivity contribution < 1.29 is 29.1 Å². The third kappa shape index (κ3) is 132. The summed E-state index contributed by atoms with van der Waals surface area (Å²) in [6, 6.07) is 0. The van der Waals surface area contributed by atoms with Crippen LogP contribution in [0.3, 0.4) is 0 Å². The molecule has 0 unspecified atom stereocenters. The van der Waals surface area contributed by atoms with Gasteiger partial charge in [0, 0.05) is 6.61 Å². The van der Waals surface area contributed by atoms with Crippen molar-refractivity contribution in [2.45, 2.75) is 19.8 Å². The van der Waals surface area contributed by atoms with Crippen molar-refractivity contribution in [3.05, 3.63) is 0 Å². The Kier molecular flexibility index (Phi) is 12.1. The minimum Gasteiger partial charge on any atom is -0.396 e. The topological polar surface area (TPSA) is 111 Å². The Morgan fingerprint density at radius 3 is 1.62 bits per heavy atom. The summed E-state index contributed by atoms with van der Waals surface area (Å²) < 4.78 is 13.4. The molecule has 1 heterocycles. The van der Waals surface area contributed by atoms with Gasteiger partial charge in [-0.05, 0) is 6.42 Å². The molecule has 0 saturated carbocycles. The second kappa shape index (κ2) is 10.1. The van der Waals surface area contributed by atoms with Gasteiger partial charge in [0.05, 0.1) is 13.2 Å². The van der Waals surface area contributed by atoms with Gasteiger partial charge in [-0.2, -0.15) is 0 Å². The van der Waals surface area contributed by atoms with E-state index in [-0.39, 0.29) is 0 Å². The van der Waals surface area contributed by atoms with E-state index in [0.29, 0.717) is 6.61 Å². The number of aliphatic hydroxyl groups excluding tert-OH is 1. The van der Waals surface area contributed by atoms with Crippen molar-refractivity contribution in [3.8, 4) is 0 Å². The van der Waals surface area contributed by atoms with E-state index in [4.69, 9.17) is 24.4 Å². The minimum atomic E-state index is -4.64. The summed E-state index contributed by atoms with van der Waals surface area (Å²) in [5.41, 5.74) is 0. The van der Waals surface area contributed by atoms with E-state index in [1.807, 2.05) is 0 Å². The van der Waals surface area contributed by atoms with Gasteiger partial charge in [-0.15, -0.1) is 0 Å². The Morgan fingerprint density at radius 1 is 1.31 bits per heavy atom. The van der Waals surface area contributed by atoms with E-state index in [1.54, 1.807) is 0 Å². The molecule has 0 aromatic heterocycles. The van der Waals surface area contributed by atoms with Crippen LogP contribution >= 0.6 is 7.82 Å². The molecular weight excluding hydrogens is 199 g/mol. The van der Waals surface area contributed by atoms with Crippen molar-refractivity contribution in [2.24, 2.45) is 0 Å². The van der Waals surface area contributed by atoms with Crippen LogP contribution in [0.25, 0.3) is 0 Å². The molecular formula is C6H17O6P. The minimum absolute atomic E-state index is 0.344. The predicted octanol–water partition coefficient (Wildman–Crippen LogP) is -0.133. The first kappa shape index (κ1) is 15.5. The molecule has 4 N–H and O–H groups in total. The molecule has 0 atom stereocenters. The maximum Gasteiger partial charge on any atom is 0.466 e. The number of phosphoric acid groups is 1. The van der Waals surface area contributed by atoms with Crippen LogP contribution in [-0.4, -0.2) is 39.6 Å². The first-order valence-electron chi connectivity index (χ1n) is 3.88. The van der Waals surface area contributed by atoms with Gasteiger partial charge in [-0.3, -0.25) is 0 Å². The van der Waals surface area contributed by atoms with Crippen LogP contribution in [0.5, 0.6) is 0 Å². The lowest BCUT2D eigenvalue weighted by atomic mass is 10.4. The highest BCUT2D eigenvalue weighted by Gasteiger charge is 2.00. The zero-order valence-corrected chi connectivity index (χ0v) is 8.48. The highest BCUT2D eigenvalue weighted by atomic mass is 31.2. The summed E-state index contributed by atoms with van der Waals surface area (Å²) in [6.07, 6.45) is 2.04. The molecule has 1 fully saturated rings. The van der Waals surface area contributed by atoms with E-state index in [2.05, 4.69) is 11.7 Å². The molecule has 13 heavy (non-hydrogen) atoms. The summed E-state index contributed by atoms with van der Waals surface area (Å²) in [6.45, 7) is 4.40. The number of aliphatic hydroxyl groups is 1. The van der Waals surface area contributed by atoms with Crippen molar-refractivity contribution >= 4 is 7.82 Å². The number of hydrogen-bond donors (Lipinski definition) is 4. The van der Waals surface area contributed by atoms with Gasteiger partial charge in [0.1, 0.15) is 0 Å². The fourth-order valence-electron chi connectivity index (χ4n) is 0.158. The molecule has 0 radical (unpaired) electrons. The number of ether oxygens (including phenoxy) is 1. The Labute approximate surface area is 77.4 Å². The van der Waals surface area contributed by atoms with Gasteiger partial charge < -0.3 is 24.5 Å². The van der Waals surface area contributed by atoms with E-state index in [0.717, 1.165) is 26.1 Å². The Morgan fingerprint density at radius 2 is 1.62 bits per heavy atom. The van der Waals surface area contributed by atoms with Crippen LogP contribution < -0.4 is 0 Å². The second-order valence-electron chi connectivity index (χ2n) is 2.20. The predicted molar refractivity (Wildman–Crippen MR) is 47.1 cm³/mol. The monoisotopic (exact) mass is 216 g/mol. The van der Waals surface area contributed by atoms with Gasteiger partial charge >= 0.3 is 7.82 Å². The van der Waals surface area contributed by atoms with Crippen LogP contribution in [-0.2, 0) is 9.30 Å². The lowest BCUT2D eigenvalue weighted by Gasteiger charge is -1.82. The smallest absolute Gasteiger partial charge is 0.396 e. The summed E-state index contributed by atoms with van der Waals surface area (Å²) in [4.78, 5) is 21.6. The van der Waals surface area contributed by atoms with Crippen LogP contribution in [0.1, 0.15) is 19.8 Å². The standard InChI is InChI=1S/C4H10O.C2H4O.H3O4P/c1-2-3-4-5;1-2-3-1;1-5(2,3)4/h5H,2-4H2,1H3;1-2H2;(H3,1,2,3,4). The van der Waals surface area contributed by atoms with Crippen molar-refractivity contribution in [2.75, 3.05) is 19.8 Å². The zero-order valence-electron chi connectivity index (χ0n) is 7.59. The third-order valence-electron chi connectivity index (χ3n) is 0.716. The molecule has 0 aromatic rings. The summed E-state index contributed by atoms with van der Waals surface area (Å²) in [5, 5.41) is 8.07. The molecule has 1 aliphatic heterocycles. The molecule has 0 aromatic carbocycles. The number of hydrogen-bond acceptors (Lipinski definition) is 3. The molecule has 1 rings (SSSR count). The Bertz CT molecular complexity index is 118. The number of epoxide rings is 1. The molecule has 6 nitrogen and oxygen atoms in total. The first-order valence-corrected chi connectivity index (χ1v) is 5.45. The zero-order chi connectivity index (χ0) is 10.7. The summed E-state index contributed by atoms with van der Waals surface area (Å²) in [7, 11) is -4.64. The van der Waals surface area contributed by atoms with E-state index in [1.165, 1.54) is 0 Å². The normalized spacial score (nSPS) is 13.3. The fraction of sp³-hybridized carbons (Fsp3) is 1.00. The highest BCUT2D eigenvalue weighted by Crippen LogP contribution is 2.25. The largest absolute Gasteiger partial charge is 0.466 e. The van der Waals surface area contributed by atoms with Gasteiger partial charge in [0.25, 0.3) is 0 Å². The van der Waals surface area contributed by atoms with Crippen LogP contribution in [0, 0.1) is 0 Å². The van der Waals surface area contributed by atoms with Crippen LogP contribution in [0.4, 0.5) is 0 Å². The molecule has 0 bridgehead atoms. The quantitative estimate of drug-likeness (QED) is 0.378. The molecule has 1 saturated heterocycles. The molecule has 0 spiro atoms. The summed E-state index contributed by atoms with van der Waals surface area (Å²) >= 11 is 0. The number of unbranched alkanes of at least 4 members (excludes halogenated alkanes) is 1. The third-order valence-corrected chi connectivity index (χ3v) is 0.716. The van der Waals surface area contributed by atoms with Crippen molar-refractivity contribution in [1.82, 2.24) is 0 Å². The van der Waals surface area contributed by atoms with Crippen molar-refractivity contribution in [3.63, 3.8) is 0 Å². The number of rotatable bonds is 2. The fourth-order valence-corrected chi connectivity index (χ4v) is 0.158. The van der Waals surface area contributed by atoms with Crippen LogP contribution in [0.15, 0.2) is 0 Å². The van der Waals surface area contributed by atoms with E-state index < -0.39 is 7.82 Å². The maximum atomic E-state index is 8.88. The summed E-state index contributed by atoms with van der Waals surface area (Å²) in [5.74, 6) is 0. The molecule has 0 aliphatic carbocycles. The van der Waals surface area contributed by atoms with E-state index >= 15 is 0 Å². The molecule has 7 heteroatoms. The highest BCUT2D eigenvalue weighted by molar-refractivity contribution is 7.45. The average Bonchev–Trinajstić information content (AvgIpc) is 2.68. The Hall–Kier alpha value is 0.0300. The van der Waals surface area contributed by atoms with Gasteiger partial charge in [-0.25, -0.2) is 4.57 Å². The average molecular weight is 216 g/mol. The molecule has 82 valence electrons. The van der Waals surface area contributed by atoms with Gasteiger partial charge in [0.15, 0.2) is 0 Å². The molecule has 1 aliphatic rings. The van der Waals surface area contributed by atoms with Gasteiger partial charge in [0.2, 0.25) is 0 Å².